The van der Waals surface area contributed by atoms with Gasteiger partial charge in [-0.05, 0) is 30.7 Å². The Balaban J connectivity index is 1.98. The van der Waals surface area contributed by atoms with Crippen LogP contribution in [-0.2, 0) is 20.5 Å². The number of alkyl halides is 3. The van der Waals surface area contributed by atoms with E-state index in [1.54, 1.807) is 0 Å². The van der Waals surface area contributed by atoms with Crippen LogP contribution in [0.1, 0.15) is 11.1 Å². The third-order valence-electron chi connectivity index (χ3n) is 5.02. The number of rotatable bonds is 7. The molecule has 3 rings (SSSR count). The maximum Gasteiger partial charge on any atom is 0.416 e. The first-order valence-electron chi connectivity index (χ1n) is 9.90. The molecular formula is C22H18F6N2O5. The van der Waals surface area contributed by atoms with E-state index in [0.717, 1.165) is 24.1 Å². The van der Waals surface area contributed by atoms with Crippen LogP contribution in [0.25, 0.3) is 0 Å². The maximum absolute atomic E-state index is 14.7. The van der Waals surface area contributed by atoms with Crippen LogP contribution in [0.15, 0.2) is 35.5 Å². The summed E-state index contributed by atoms with van der Waals surface area (Å²) in [4.78, 5) is 25.8. The van der Waals surface area contributed by atoms with Crippen LogP contribution in [0.3, 0.4) is 0 Å². The number of aliphatic hydroxyl groups is 1. The molecule has 0 spiro atoms. The molecule has 0 unspecified atom stereocenters. The van der Waals surface area contributed by atoms with Crippen LogP contribution >= 0.6 is 0 Å². The Kier molecular flexibility index (Phi) is 7.29. The summed E-state index contributed by atoms with van der Waals surface area (Å²) >= 11 is 0. The summed E-state index contributed by atoms with van der Waals surface area (Å²) in [7, 11) is 1.07. The SMILES string of the molecule is COC(=O)C1=C(Nc2cc(Oc3c(F)cc(C(F)(F)F)cc3F)c(C)cc2F)C(=O)N(CCO)C1. The van der Waals surface area contributed by atoms with E-state index in [1.807, 2.05) is 0 Å². The largest absolute Gasteiger partial charge is 0.466 e. The lowest BCUT2D eigenvalue weighted by atomic mass is 10.1. The van der Waals surface area contributed by atoms with Gasteiger partial charge in [-0.3, -0.25) is 4.79 Å². The highest BCUT2D eigenvalue weighted by Crippen LogP contribution is 2.37. The van der Waals surface area contributed by atoms with Gasteiger partial charge >= 0.3 is 12.1 Å². The highest BCUT2D eigenvalue weighted by Gasteiger charge is 2.35. The quantitative estimate of drug-likeness (QED) is 0.440. The molecule has 0 fully saturated rings. The zero-order valence-corrected chi connectivity index (χ0v) is 18.2. The van der Waals surface area contributed by atoms with Crippen molar-refractivity contribution in [1.29, 1.82) is 0 Å². The van der Waals surface area contributed by atoms with Crippen molar-refractivity contribution >= 4 is 17.6 Å². The van der Waals surface area contributed by atoms with Crippen LogP contribution < -0.4 is 10.1 Å². The van der Waals surface area contributed by atoms with Crippen LogP contribution in [0, 0.1) is 24.4 Å². The van der Waals surface area contributed by atoms with Crippen LogP contribution in [0.5, 0.6) is 11.5 Å². The maximum atomic E-state index is 14.7. The van der Waals surface area contributed by atoms with Crippen LogP contribution in [-0.4, -0.2) is 48.7 Å². The Morgan fingerprint density at radius 3 is 2.29 bits per heavy atom. The minimum Gasteiger partial charge on any atom is -0.466 e. The number of carbonyl (C=O) groups is 2. The molecule has 188 valence electrons. The van der Waals surface area contributed by atoms with Gasteiger partial charge in [0, 0.05) is 12.6 Å². The number of hydrogen-bond acceptors (Lipinski definition) is 6. The zero-order chi connectivity index (χ0) is 26.1. The van der Waals surface area contributed by atoms with Gasteiger partial charge in [0.15, 0.2) is 17.4 Å². The molecule has 1 aliphatic rings. The van der Waals surface area contributed by atoms with Crippen molar-refractivity contribution in [2.75, 3.05) is 32.1 Å². The van der Waals surface area contributed by atoms with E-state index in [1.165, 1.54) is 6.92 Å². The average molecular weight is 504 g/mol. The molecule has 0 radical (unpaired) electrons. The van der Waals surface area contributed by atoms with Crippen molar-refractivity contribution in [3.8, 4) is 11.5 Å². The first-order valence-corrected chi connectivity index (χ1v) is 9.90. The predicted molar refractivity (Wildman–Crippen MR) is 109 cm³/mol. The summed E-state index contributed by atoms with van der Waals surface area (Å²) in [5, 5.41) is 11.5. The minimum atomic E-state index is -4.99. The van der Waals surface area contributed by atoms with Crippen molar-refractivity contribution in [3.63, 3.8) is 0 Å². The third kappa shape index (κ3) is 5.34. The van der Waals surface area contributed by atoms with E-state index in [0.29, 0.717) is 0 Å². The van der Waals surface area contributed by atoms with Gasteiger partial charge in [-0.2, -0.15) is 13.2 Å². The number of carbonyl (C=O) groups excluding carboxylic acids is 2. The van der Waals surface area contributed by atoms with Gasteiger partial charge in [0.2, 0.25) is 0 Å². The van der Waals surface area contributed by atoms with Crippen molar-refractivity contribution in [1.82, 2.24) is 4.90 Å². The molecule has 1 heterocycles. The molecule has 0 aliphatic carbocycles. The number of halogens is 6. The number of esters is 1. The fourth-order valence-electron chi connectivity index (χ4n) is 3.27. The number of aliphatic hydroxyl groups excluding tert-OH is 1. The van der Waals surface area contributed by atoms with Crippen molar-refractivity contribution < 1.29 is 50.5 Å². The normalized spacial score (nSPS) is 14.0. The molecule has 1 amide bonds. The number of methoxy groups -OCH3 is 1. The number of hydrogen-bond donors (Lipinski definition) is 2. The molecule has 2 N–H and O–H groups in total. The third-order valence-corrected chi connectivity index (χ3v) is 5.02. The fraction of sp³-hybridized carbons (Fsp3) is 0.273. The van der Waals surface area contributed by atoms with E-state index in [-0.39, 0.29) is 47.8 Å². The second-order valence-electron chi connectivity index (χ2n) is 7.39. The number of amides is 1. The minimum absolute atomic E-state index is 0.0218. The van der Waals surface area contributed by atoms with Gasteiger partial charge in [0.05, 0.1) is 37.1 Å². The van der Waals surface area contributed by atoms with E-state index in [4.69, 9.17) is 9.84 Å². The summed E-state index contributed by atoms with van der Waals surface area (Å²) in [5.74, 6) is -7.36. The molecule has 7 nitrogen and oxygen atoms in total. The Hall–Kier alpha value is -3.74. The van der Waals surface area contributed by atoms with Gasteiger partial charge in [0.1, 0.15) is 17.3 Å². The first-order chi connectivity index (χ1) is 16.4. The Morgan fingerprint density at radius 2 is 1.74 bits per heavy atom. The molecular weight excluding hydrogens is 486 g/mol. The Morgan fingerprint density at radius 1 is 1.11 bits per heavy atom. The molecule has 1 aliphatic heterocycles. The lowest BCUT2D eigenvalue weighted by Gasteiger charge is -2.17. The molecule has 35 heavy (non-hydrogen) atoms. The van der Waals surface area contributed by atoms with Gasteiger partial charge in [-0.1, -0.05) is 0 Å². The molecule has 0 bridgehead atoms. The lowest BCUT2D eigenvalue weighted by Crippen LogP contribution is -2.31. The molecule has 13 heteroatoms. The molecule has 0 saturated heterocycles. The summed E-state index contributed by atoms with van der Waals surface area (Å²) in [6, 6.07) is 1.92. The number of anilines is 1. The van der Waals surface area contributed by atoms with E-state index < -0.39 is 59.1 Å². The number of aryl methyl sites for hydroxylation is 1. The highest BCUT2D eigenvalue weighted by molar-refractivity contribution is 6.08. The predicted octanol–water partition coefficient (Wildman–Crippen LogP) is 3.90. The number of nitrogens with one attached hydrogen (secondary N) is 1. The second-order valence-corrected chi connectivity index (χ2v) is 7.39. The monoisotopic (exact) mass is 504 g/mol. The van der Waals surface area contributed by atoms with E-state index in [2.05, 4.69) is 10.1 Å². The second kappa shape index (κ2) is 9.86. The smallest absolute Gasteiger partial charge is 0.416 e. The highest BCUT2D eigenvalue weighted by atomic mass is 19.4. The molecule has 0 aromatic heterocycles. The van der Waals surface area contributed by atoms with Crippen LogP contribution in [0.2, 0.25) is 0 Å². The van der Waals surface area contributed by atoms with Crippen LogP contribution in [0.4, 0.5) is 32.0 Å². The summed E-state index contributed by atoms with van der Waals surface area (Å²) in [6.45, 7) is 0.550. The summed E-state index contributed by atoms with van der Waals surface area (Å²) < 4.78 is 91.2. The number of benzene rings is 2. The Labute approximate surface area is 194 Å². The molecule has 2 aromatic carbocycles. The number of nitrogens with zero attached hydrogens (tertiary/aromatic N) is 1. The van der Waals surface area contributed by atoms with Crippen molar-refractivity contribution in [3.05, 3.63) is 64.1 Å². The molecule has 0 atom stereocenters. The number of ether oxygens (including phenoxy) is 2. The number of β-amino-alcohol motifs (C(OH)–C–C–N with tert-alkyl or cyclic N) is 1. The van der Waals surface area contributed by atoms with Gasteiger partial charge in [0.25, 0.3) is 5.91 Å². The Bertz CT molecular complexity index is 1190. The van der Waals surface area contributed by atoms with Crippen molar-refractivity contribution in [2.45, 2.75) is 13.1 Å². The van der Waals surface area contributed by atoms with Gasteiger partial charge in [-0.25, -0.2) is 18.0 Å². The van der Waals surface area contributed by atoms with Gasteiger partial charge in [-0.15, -0.1) is 0 Å². The summed E-state index contributed by atoms with van der Waals surface area (Å²) in [6.07, 6.45) is -4.99. The fourth-order valence-corrected chi connectivity index (χ4v) is 3.27. The molecule has 2 aromatic rings. The standard InChI is InChI=1S/C22H18F6N2O5/c1-10-5-13(23)16(29-18-12(21(33)34-2)9-30(3-4-31)20(18)32)8-17(10)35-19-14(24)6-11(7-15(19)25)22(26,27)28/h5-8,29,31H,3-4,9H2,1-2H3. The molecule has 0 saturated carbocycles. The first kappa shape index (κ1) is 25.9. The zero-order valence-electron chi connectivity index (χ0n) is 18.2. The summed E-state index contributed by atoms with van der Waals surface area (Å²) in [5.41, 5.74) is -2.49. The van der Waals surface area contributed by atoms with Gasteiger partial charge < -0.3 is 24.8 Å². The topological polar surface area (TPSA) is 88.1 Å². The lowest BCUT2D eigenvalue weighted by molar-refractivity contribution is -0.138. The van der Waals surface area contributed by atoms with Crippen molar-refractivity contribution in [2.24, 2.45) is 0 Å². The average Bonchev–Trinajstić information content (AvgIpc) is 3.07. The van der Waals surface area contributed by atoms with E-state index in [9.17, 15) is 35.9 Å². The van der Waals surface area contributed by atoms with E-state index >= 15 is 0 Å².